The fourth-order valence-electron chi connectivity index (χ4n) is 4.85. The smallest absolute Gasteiger partial charge is 0.408 e. The molecule has 1 N–H and O–H groups in total. The Morgan fingerprint density at radius 3 is 2.44 bits per heavy atom. The lowest BCUT2D eigenvalue weighted by Gasteiger charge is -2.49. The van der Waals surface area contributed by atoms with E-state index in [1.165, 1.54) is 0 Å². The average Bonchev–Trinajstić information content (AvgIpc) is 2.92. The fraction of sp³-hybridized carbons (Fsp3) is 0.615. The van der Waals surface area contributed by atoms with Crippen LogP contribution >= 0.6 is 0 Å². The molecular weight excluding hydrogens is 446 g/mol. The van der Waals surface area contributed by atoms with Crippen LogP contribution in [-0.4, -0.2) is 51.5 Å². The molecule has 1 unspecified atom stereocenters. The standard InChI is InChI=1S/C26H41N3O4Si/c1-25(2,3)21-15-18(16-26(4,5)29(21)24(31)32)19-11-10-12-20-22(19)27(6)23(30)28(20)17-33-13-14-34(7,8)9/h10-12,15,21H,13-14,16-17H2,1-9H3,(H,31,32). The lowest BCUT2D eigenvalue weighted by molar-refractivity contribution is 0.0372. The summed E-state index contributed by atoms with van der Waals surface area (Å²) in [4.78, 5) is 26.9. The molecule has 0 bridgehead atoms. The number of hydrogen-bond acceptors (Lipinski definition) is 3. The van der Waals surface area contributed by atoms with Crippen LogP contribution < -0.4 is 5.69 Å². The van der Waals surface area contributed by atoms with Gasteiger partial charge in [0.15, 0.2) is 0 Å². The summed E-state index contributed by atoms with van der Waals surface area (Å²) in [6, 6.07) is 6.73. The quantitative estimate of drug-likeness (QED) is 0.424. The van der Waals surface area contributed by atoms with Gasteiger partial charge in [-0.3, -0.25) is 14.0 Å². The first kappa shape index (κ1) is 26.3. The Hall–Kier alpha value is -2.32. The molecule has 0 saturated heterocycles. The van der Waals surface area contributed by atoms with E-state index in [9.17, 15) is 14.7 Å². The molecule has 1 amide bonds. The number of rotatable bonds is 6. The molecule has 1 atom stereocenters. The van der Waals surface area contributed by atoms with Crippen molar-refractivity contribution in [3.63, 3.8) is 0 Å². The van der Waals surface area contributed by atoms with Crippen LogP contribution in [0.4, 0.5) is 4.79 Å². The highest BCUT2D eigenvalue weighted by Crippen LogP contribution is 2.43. The SMILES string of the molecule is Cn1c(=O)n(COCC[Si](C)(C)C)c2cccc(C3=CC(C(C)(C)C)N(C(=O)O)C(C)(C)C3)c21. The van der Waals surface area contributed by atoms with Gasteiger partial charge in [0.05, 0.1) is 17.1 Å². The van der Waals surface area contributed by atoms with Gasteiger partial charge in [-0.05, 0) is 43.4 Å². The Kier molecular flexibility index (Phi) is 6.99. The minimum Gasteiger partial charge on any atom is -0.465 e. The fourth-order valence-corrected chi connectivity index (χ4v) is 5.61. The third-order valence-corrected chi connectivity index (χ3v) is 8.43. The maximum absolute atomic E-state index is 13.2. The Balaban J connectivity index is 2.08. The largest absolute Gasteiger partial charge is 0.465 e. The van der Waals surface area contributed by atoms with Crippen LogP contribution in [0.2, 0.25) is 25.7 Å². The molecule has 2 heterocycles. The molecule has 34 heavy (non-hydrogen) atoms. The summed E-state index contributed by atoms with van der Waals surface area (Å²) in [5.41, 5.74) is 2.77. The Labute approximate surface area is 204 Å². The lowest BCUT2D eigenvalue weighted by Crippen LogP contribution is -2.58. The second-order valence-electron chi connectivity index (χ2n) is 12.4. The van der Waals surface area contributed by atoms with E-state index in [-0.39, 0.29) is 23.9 Å². The van der Waals surface area contributed by atoms with Crippen LogP contribution in [0.5, 0.6) is 0 Å². The van der Waals surface area contributed by atoms with Crippen molar-refractivity contribution >= 4 is 30.8 Å². The van der Waals surface area contributed by atoms with Crippen molar-refractivity contribution in [3.05, 3.63) is 40.3 Å². The van der Waals surface area contributed by atoms with Gasteiger partial charge in [0.2, 0.25) is 0 Å². The third kappa shape index (κ3) is 5.17. The molecule has 8 heteroatoms. The lowest BCUT2D eigenvalue weighted by atomic mass is 9.75. The zero-order valence-corrected chi connectivity index (χ0v) is 23.2. The number of nitrogens with zero attached hydrogens (tertiary/aromatic N) is 3. The zero-order valence-electron chi connectivity index (χ0n) is 22.2. The molecule has 0 radical (unpaired) electrons. The van der Waals surface area contributed by atoms with Gasteiger partial charge in [-0.2, -0.15) is 0 Å². The third-order valence-electron chi connectivity index (χ3n) is 6.73. The average molecular weight is 488 g/mol. The van der Waals surface area contributed by atoms with Crippen molar-refractivity contribution in [2.45, 2.75) is 85.0 Å². The topological polar surface area (TPSA) is 76.7 Å². The maximum atomic E-state index is 13.2. The summed E-state index contributed by atoms with van der Waals surface area (Å²) in [5.74, 6) is 0. The van der Waals surface area contributed by atoms with Crippen LogP contribution in [0, 0.1) is 5.41 Å². The Morgan fingerprint density at radius 2 is 1.88 bits per heavy atom. The number of para-hydroxylation sites is 1. The molecule has 3 rings (SSSR count). The number of hydrogen-bond donors (Lipinski definition) is 1. The van der Waals surface area contributed by atoms with Crippen molar-refractivity contribution < 1.29 is 14.6 Å². The molecule has 1 aliphatic rings. The highest BCUT2D eigenvalue weighted by molar-refractivity contribution is 6.76. The van der Waals surface area contributed by atoms with Gasteiger partial charge in [-0.1, -0.05) is 58.6 Å². The Bertz CT molecular complexity index is 1160. The molecule has 1 aromatic heterocycles. The van der Waals surface area contributed by atoms with Crippen LogP contribution in [0.25, 0.3) is 16.6 Å². The van der Waals surface area contributed by atoms with Gasteiger partial charge in [-0.15, -0.1) is 0 Å². The Morgan fingerprint density at radius 1 is 1.24 bits per heavy atom. The minimum absolute atomic E-state index is 0.106. The van der Waals surface area contributed by atoms with E-state index in [0.29, 0.717) is 13.0 Å². The van der Waals surface area contributed by atoms with E-state index in [0.717, 1.165) is 28.2 Å². The van der Waals surface area contributed by atoms with Crippen molar-refractivity contribution in [2.24, 2.45) is 12.5 Å². The van der Waals surface area contributed by atoms with Crippen molar-refractivity contribution in [3.8, 4) is 0 Å². The van der Waals surface area contributed by atoms with E-state index in [1.807, 2.05) is 32.0 Å². The van der Waals surface area contributed by atoms with Crippen LogP contribution in [-0.2, 0) is 18.5 Å². The molecule has 0 fully saturated rings. The molecular formula is C26H41N3O4Si. The van der Waals surface area contributed by atoms with Gasteiger partial charge in [0.1, 0.15) is 6.73 Å². The number of carboxylic acid groups (broad SMARTS) is 1. The first-order valence-electron chi connectivity index (χ1n) is 12.0. The first-order valence-corrected chi connectivity index (χ1v) is 15.7. The summed E-state index contributed by atoms with van der Waals surface area (Å²) in [6.07, 6.45) is 1.74. The molecule has 7 nitrogen and oxygen atoms in total. The monoisotopic (exact) mass is 487 g/mol. The van der Waals surface area contributed by atoms with E-state index in [2.05, 4.69) is 46.5 Å². The van der Waals surface area contributed by atoms with Crippen LogP contribution in [0.1, 0.15) is 46.6 Å². The number of fused-ring (bicyclic) bond motifs is 1. The summed E-state index contributed by atoms with van der Waals surface area (Å²) in [5, 5.41) is 10.0. The van der Waals surface area contributed by atoms with Gasteiger partial charge in [-0.25, -0.2) is 9.59 Å². The summed E-state index contributed by atoms with van der Waals surface area (Å²) in [6.45, 7) is 17.9. The van der Waals surface area contributed by atoms with Crippen LogP contribution in [0.15, 0.2) is 29.1 Å². The predicted octanol–water partition coefficient (Wildman–Crippen LogP) is 5.61. The molecule has 2 aromatic rings. The highest BCUT2D eigenvalue weighted by Gasteiger charge is 2.44. The minimum atomic E-state index is -1.21. The molecule has 0 saturated carbocycles. The predicted molar refractivity (Wildman–Crippen MR) is 141 cm³/mol. The summed E-state index contributed by atoms with van der Waals surface area (Å²) < 4.78 is 9.30. The van der Waals surface area contributed by atoms with E-state index in [1.54, 1.807) is 21.1 Å². The van der Waals surface area contributed by atoms with Crippen molar-refractivity contribution in [1.29, 1.82) is 0 Å². The summed E-state index contributed by atoms with van der Waals surface area (Å²) >= 11 is 0. The number of ether oxygens (including phenoxy) is 1. The number of aryl methyl sites for hydroxylation is 1. The second kappa shape index (κ2) is 9.04. The molecule has 188 valence electrons. The molecule has 1 aliphatic heterocycles. The van der Waals surface area contributed by atoms with E-state index >= 15 is 0 Å². The number of benzene rings is 1. The van der Waals surface area contributed by atoms with E-state index in [4.69, 9.17) is 4.74 Å². The van der Waals surface area contributed by atoms with Crippen molar-refractivity contribution in [2.75, 3.05) is 6.61 Å². The normalized spacial score (nSPS) is 18.9. The van der Waals surface area contributed by atoms with Gasteiger partial charge in [0.25, 0.3) is 0 Å². The molecule has 0 aliphatic carbocycles. The van der Waals surface area contributed by atoms with E-state index < -0.39 is 19.7 Å². The zero-order chi connectivity index (χ0) is 25.6. The second-order valence-corrected chi connectivity index (χ2v) is 18.1. The molecule has 1 aromatic carbocycles. The van der Waals surface area contributed by atoms with Gasteiger partial charge >= 0.3 is 11.8 Å². The number of amides is 1. The van der Waals surface area contributed by atoms with Gasteiger partial charge in [0, 0.05) is 32.8 Å². The first-order chi connectivity index (χ1) is 15.5. The highest BCUT2D eigenvalue weighted by atomic mass is 28.3. The number of carbonyl (C=O) groups is 1. The number of aromatic nitrogens is 2. The van der Waals surface area contributed by atoms with Crippen LogP contribution in [0.3, 0.4) is 0 Å². The number of imidazole rings is 1. The maximum Gasteiger partial charge on any atom is 0.408 e. The van der Waals surface area contributed by atoms with Gasteiger partial charge < -0.3 is 9.84 Å². The van der Waals surface area contributed by atoms with Crippen molar-refractivity contribution in [1.82, 2.24) is 14.0 Å². The molecule has 0 spiro atoms. The summed E-state index contributed by atoms with van der Waals surface area (Å²) in [7, 11) is 0.588.